The van der Waals surface area contributed by atoms with Crippen LogP contribution in [0.5, 0.6) is 0 Å². The van der Waals surface area contributed by atoms with E-state index < -0.39 is 0 Å². The first-order valence-corrected chi connectivity index (χ1v) is 6.78. The maximum Gasteiger partial charge on any atom is 0.214 e. The average Bonchev–Trinajstić information content (AvgIpc) is 3.07. The largest absolute Gasteiger partial charge is 0.323 e. The number of hydrogen-bond acceptors (Lipinski definition) is 2. The number of nitrogens with one attached hydrogen (secondary N) is 1. The molecule has 0 saturated carbocycles. The van der Waals surface area contributed by atoms with E-state index in [0.717, 1.165) is 40.3 Å². The van der Waals surface area contributed by atoms with Gasteiger partial charge < -0.3 is 4.98 Å². The average molecular weight is 262 g/mol. The molecule has 0 atom stereocenters. The molecule has 2 aromatic carbocycles. The number of aryl methyl sites for hydroxylation is 1. The highest BCUT2D eigenvalue weighted by Crippen LogP contribution is 2.22. The smallest absolute Gasteiger partial charge is 0.214 e. The molecule has 0 bridgehead atoms. The Morgan fingerprint density at radius 2 is 1.70 bits per heavy atom. The van der Waals surface area contributed by atoms with Crippen molar-refractivity contribution >= 4 is 22.1 Å². The SMILES string of the molecule is CCc1nc2ccccc2n1-c1nc2ccccc2[nH]1. The highest BCUT2D eigenvalue weighted by atomic mass is 15.2. The first kappa shape index (κ1) is 11.2. The summed E-state index contributed by atoms with van der Waals surface area (Å²) in [6.07, 6.45) is 0.867. The Hall–Kier alpha value is -2.62. The van der Waals surface area contributed by atoms with E-state index in [0.29, 0.717) is 0 Å². The van der Waals surface area contributed by atoms with E-state index >= 15 is 0 Å². The van der Waals surface area contributed by atoms with Crippen molar-refractivity contribution in [3.05, 3.63) is 54.4 Å². The molecule has 4 rings (SSSR count). The molecule has 0 unspecified atom stereocenters. The molecule has 2 heterocycles. The van der Waals surface area contributed by atoms with Crippen LogP contribution in [0.15, 0.2) is 48.5 Å². The van der Waals surface area contributed by atoms with Crippen LogP contribution in [-0.4, -0.2) is 19.5 Å². The lowest BCUT2D eigenvalue weighted by Gasteiger charge is -2.03. The van der Waals surface area contributed by atoms with Crippen molar-refractivity contribution in [1.82, 2.24) is 19.5 Å². The van der Waals surface area contributed by atoms with E-state index in [1.807, 2.05) is 42.5 Å². The lowest BCUT2D eigenvalue weighted by atomic mass is 10.3. The number of H-pyrrole nitrogens is 1. The zero-order valence-corrected chi connectivity index (χ0v) is 11.2. The number of hydrogen-bond donors (Lipinski definition) is 1. The van der Waals surface area contributed by atoms with Crippen LogP contribution in [-0.2, 0) is 6.42 Å². The van der Waals surface area contributed by atoms with Gasteiger partial charge in [-0.1, -0.05) is 31.2 Å². The number of aromatic amines is 1. The molecule has 1 N–H and O–H groups in total. The summed E-state index contributed by atoms with van der Waals surface area (Å²) in [6.45, 7) is 2.11. The Bertz CT molecular complexity index is 868. The third-order valence-electron chi connectivity index (χ3n) is 3.54. The predicted molar refractivity (Wildman–Crippen MR) is 80.1 cm³/mol. The maximum atomic E-state index is 4.68. The molecular weight excluding hydrogens is 248 g/mol. The van der Waals surface area contributed by atoms with Gasteiger partial charge in [-0.25, -0.2) is 9.97 Å². The molecule has 0 amide bonds. The van der Waals surface area contributed by atoms with Gasteiger partial charge >= 0.3 is 0 Å². The van der Waals surface area contributed by atoms with Gasteiger partial charge in [0.1, 0.15) is 5.82 Å². The molecule has 0 saturated heterocycles. The number of imidazole rings is 2. The second-order valence-electron chi connectivity index (χ2n) is 4.78. The summed E-state index contributed by atoms with van der Waals surface area (Å²) < 4.78 is 2.11. The van der Waals surface area contributed by atoms with Crippen molar-refractivity contribution in [2.24, 2.45) is 0 Å². The first-order valence-electron chi connectivity index (χ1n) is 6.78. The number of aromatic nitrogens is 4. The molecule has 0 fully saturated rings. The molecule has 0 radical (unpaired) electrons. The monoisotopic (exact) mass is 262 g/mol. The number of fused-ring (bicyclic) bond motifs is 2. The lowest BCUT2D eigenvalue weighted by Crippen LogP contribution is -2.01. The molecule has 0 aliphatic heterocycles. The third kappa shape index (κ3) is 1.54. The van der Waals surface area contributed by atoms with Gasteiger partial charge in [0.25, 0.3) is 0 Å². The van der Waals surface area contributed by atoms with Crippen molar-refractivity contribution in [2.45, 2.75) is 13.3 Å². The van der Waals surface area contributed by atoms with Gasteiger partial charge in [0, 0.05) is 6.42 Å². The van der Waals surface area contributed by atoms with Crippen LogP contribution in [0.1, 0.15) is 12.7 Å². The minimum absolute atomic E-state index is 0.830. The van der Waals surface area contributed by atoms with Gasteiger partial charge in [0.05, 0.1) is 22.1 Å². The maximum absolute atomic E-state index is 4.68. The Kier molecular flexibility index (Phi) is 2.36. The summed E-state index contributed by atoms with van der Waals surface area (Å²) in [4.78, 5) is 12.7. The van der Waals surface area contributed by atoms with Crippen LogP contribution in [0.3, 0.4) is 0 Å². The van der Waals surface area contributed by atoms with Gasteiger partial charge in [0.15, 0.2) is 0 Å². The molecule has 4 nitrogen and oxygen atoms in total. The fourth-order valence-corrected chi connectivity index (χ4v) is 2.59. The molecular formula is C16H14N4. The molecule has 98 valence electrons. The zero-order valence-electron chi connectivity index (χ0n) is 11.2. The number of para-hydroxylation sites is 4. The Morgan fingerprint density at radius 3 is 2.50 bits per heavy atom. The summed E-state index contributed by atoms with van der Waals surface area (Å²) in [6, 6.07) is 16.2. The zero-order chi connectivity index (χ0) is 13.5. The summed E-state index contributed by atoms with van der Waals surface area (Å²) >= 11 is 0. The van der Waals surface area contributed by atoms with Crippen LogP contribution in [0.4, 0.5) is 0 Å². The molecule has 0 aliphatic carbocycles. The van der Waals surface area contributed by atoms with E-state index in [2.05, 4.69) is 32.5 Å². The van der Waals surface area contributed by atoms with Crippen molar-refractivity contribution in [2.75, 3.05) is 0 Å². The number of benzene rings is 2. The van der Waals surface area contributed by atoms with Crippen LogP contribution < -0.4 is 0 Å². The highest BCUT2D eigenvalue weighted by Gasteiger charge is 2.13. The van der Waals surface area contributed by atoms with Crippen LogP contribution >= 0.6 is 0 Å². The van der Waals surface area contributed by atoms with Crippen molar-refractivity contribution < 1.29 is 0 Å². The standard InChI is InChI=1S/C16H14N4/c1-2-15-17-13-9-5-6-10-14(13)20(15)16-18-11-7-3-4-8-12(11)19-16/h3-10H,2H2,1H3,(H,18,19). The molecule has 0 spiro atoms. The van der Waals surface area contributed by atoms with E-state index in [1.165, 1.54) is 0 Å². The van der Waals surface area contributed by atoms with E-state index in [1.54, 1.807) is 0 Å². The summed E-state index contributed by atoms with van der Waals surface area (Å²) in [5.74, 6) is 1.85. The van der Waals surface area contributed by atoms with Crippen LogP contribution in [0.2, 0.25) is 0 Å². The first-order chi connectivity index (χ1) is 9.86. The van der Waals surface area contributed by atoms with E-state index in [9.17, 15) is 0 Å². The van der Waals surface area contributed by atoms with E-state index in [4.69, 9.17) is 0 Å². The Labute approximate surface area is 116 Å². The topological polar surface area (TPSA) is 46.5 Å². The van der Waals surface area contributed by atoms with E-state index in [-0.39, 0.29) is 0 Å². The molecule has 0 aliphatic rings. The minimum atomic E-state index is 0.830. The minimum Gasteiger partial charge on any atom is -0.323 e. The van der Waals surface area contributed by atoms with Crippen LogP contribution in [0, 0.1) is 0 Å². The Morgan fingerprint density at radius 1 is 0.950 bits per heavy atom. The molecule has 4 heteroatoms. The summed E-state index contributed by atoms with van der Waals surface area (Å²) in [7, 11) is 0. The normalized spacial score (nSPS) is 11.4. The molecule has 4 aromatic rings. The van der Waals surface area contributed by atoms with Gasteiger partial charge in [-0.15, -0.1) is 0 Å². The second kappa shape index (κ2) is 4.20. The van der Waals surface area contributed by atoms with Crippen molar-refractivity contribution in [3.8, 4) is 5.95 Å². The van der Waals surface area contributed by atoms with Crippen LogP contribution in [0.25, 0.3) is 28.0 Å². The molecule has 2 aromatic heterocycles. The molecule has 20 heavy (non-hydrogen) atoms. The third-order valence-corrected chi connectivity index (χ3v) is 3.54. The van der Waals surface area contributed by atoms with Crippen molar-refractivity contribution in [3.63, 3.8) is 0 Å². The summed E-state index contributed by atoms with van der Waals surface area (Å²) in [5, 5.41) is 0. The summed E-state index contributed by atoms with van der Waals surface area (Å²) in [5.41, 5.74) is 4.11. The quantitative estimate of drug-likeness (QED) is 0.601. The number of nitrogens with zero attached hydrogens (tertiary/aromatic N) is 3. The van der Waals surface area contributed by atoms with Gasteiger partial charge in [-0.2, -0.15) is 0 Å². The van der Waals surface area contributed by atoms with Gasteiger partial charge in [-0.3, -0.25) is 4.57 Å². The fourth-order valence-electron chi connectivity index (χ4n) is 2.59. The lowest BCUT2D eigenvalue weighted by molar-refractivity contribution is 0.871. The van der Waals surface area contributed by atoms with Crippen molar-refractivity contribution in [1.29, 1.82) is 0 Å². The van der Waals surface area contributed by atoms with Gasteiger partial charge in [-0.05, 0) is 24.3 Å². The van der Waals surface area contributed by atoms with Gasteiger partial charge in [0.2, 0.25) is 5.95 Å². The highest BCUT2D eigenvalue weighted by molar-refractivity contribution is 5.80. The number of rotatable bonds is 2. The fraction of sp³-hybridized carbons (Fsp3) is 0.125. The second-order valence-corrected chi connectivity index (χ2v) is 4.78. The predicted octanol–water partition coefficient (Wildman–Crippen LogP) is 3.46. The Balaban J connectivity index is 2.05.